The molecule has 2 rings (SSSR count). The van der Waals surface area contributed by atoms with Gasteiger partial charge in [0.25, 0.3) is 0 Å². The van der Waals surface area contributed by atoms with E-state index in [1.54, 1.807) is 0 Å². The summed E-state index contributed by atoms with van der Waals surface area (Å²) in [4.78, 5) is 0. The van der Waals surface area contributed by atoms with Gasteiger partial charge in [0.05, 0.1) is 22.2 Å². The van der Waals surface area contributed by atoms with E-state index in [9.17, 15) is 0 Å². The van der Waals surface area contributed by atoms with Crippen molar-refractivity contribution in [3.05, 3.63) is 0 Å². The van der Waals surface area contributed by atoms with E-state index < -0.39 is 7.00 Å². The van der Waals surface area contributed by atoms with Gasteiger partial charge in [-0.2, -0.15) is 0 Å². The molecule has 0 aromatic heterocycles. The van der Waals surface area contributed by atoms with Crippen LogP contribution in [0.2, 0.25) is 0 Å². The van der Waals surface area contributed by atoms with Gasteiger partial charge >= 0.3 is 7.00 Å². The van der Waals surface area contributed by atoms with E-state index in [4.69, 9.17) is 11.8 Å². The third kappa shape index (κ3) is 3.29. The molecule has 128 valence electrons. The van der Waals surface area contributed by atoms with Crippen molar-refractivity contribution in [1.29, 1.82) is 0 Å². The zero-order valence-corrected chi connectivity index (χ0v) is 17.7. The van der Waals surface area contributed by atoms with E-state index in [1.807, 2.05) is 0 Å². The van der Waals surface area contributed by atoms with Crippen LogP contribution in [0.15, 0.2) is 0 Å². The van der Waals surface area contributed by atoms with Crippen LogP contribution in [-0.2, 0) is 11.8 Å². The number of nitrogens with zero attached hydrogens (tertiary/aromatic N) is 2. The fraction of sp³-hybridized carbons (Fsp3) is 1.00. The average Bonchev–Trinajstić information content (AvgIpc) is 2.22. The summed E-state index contributed by atoms with van der Waals surface area (Å²) in [5.74, 6) is 0. The van der Waals surface area contributed by atoms with Gasteiger partial charge < -0.3 is 0 Å². The molecule has 0 radical (unpaired) electrons. The third-order valence-electron chi connectivity index (χ3n) is 5.79. The topological polar surface area (TPSA) is 6.48 Å². The Morgan fingerprint density at radius 1 is 0.591 bits per heavy atom. The van der Waals surface area contributed by atoms with Crippen LogP contribution in [0.5, 0.6) is 0 Å². The van der Waals surface area contributed by atoms with Gasteiger partial charge in [0.15, 0.2) is 0 Å². The second kappa shape index (κ2) is 5.76. The first-order valence-electron chi connectivity index (χ1n) is 8.89. The Kier molecular flexibility index (Phi) is 4.91. The third-order valence-corrected chi connectivity index (χ3v) is 9.62. The van der Waals surface area contributed by atoms with Gasteiger partial charge in [-0.25, -0.2) is 0 Å². The molecule has 2 heterocycles. The fourth-order valence-corrected chi connectivity index (χ4v) is 10.1. The quantitative estimate of drug-likeness (QED) is 0.581. The van der Waals surface area contributed by atoms with Gasteiger partial charge in [0.1, 0.15) is 0 Å². The molecule has 0 aromatic rings. The first-order chi connectivity index (χ1) is 9.81. The van der Waals surface area contributed by atoms with Crippen LogP contribution in [0.4, 0.5) is 0 Å². The van der Waals surface area contributed by atoms with E-state index in [2.05, 4.69) is 64.7 Å². The minimum Gasteiger partial charge on any atom is -0.0926 e. The molecule has 2 aliphatic heterocycles. The number of hydrogen-bond donors (Lipinski definition) is 0. The maximum absolute atomic E-state index is 6.29. The summed E-state index contributed by atoms with van der Waals surface area (Å²) in [6.45, 7) is 18.5. The maximum Gasteiger partial charge on any atom is 0.368 e. The van der Waals surface area contributed by atoms with E-state index in [0.717, 1.165) is 0 Å². The lowest BCUT2D eigenvalue weighted by Crippen LogP contribution is -2.61. The Morgan fingerprint density at radius 2 is 0.818 bits per heavy atom. The van der Waals surface area contributed by atoms with Crippen molar-refractivity contribution < 1.29 is 0 Å². The molecule has 22 heavy (non-hydrogen) atoms. The Hall–Kier alpha value is 0.440. The van der Waals surface area contributed by atoms with Gasteiger partial charge in [-0.15, -0.1) is 0 Å². The van der Waals surface area contributed by atoms with Crippen LogP contribution in [0.1, 0.15) is 93.9 Å². The fourth-order valence-electron chi connectivity index (χ4n) is 4.99. The molecule has 2 nitrogen and oxygen atoms in total. The van der Waals surface area contributed by atoms with Crippen molar-refractivity contribution in [2.75, 3.05) is 0 Å². The summed E-state index contributed by atoms with van der Waals surface area (Å²) in [5, 5.41) is 0. The predicted molar refractivity (Wildman–Crippen MR) is 102 cm³/mol. The molecule has 2 saturated heterocycles. The minimum absolute atomic E-state index is 0.207. The summed E-state index contributed by atoms with van der Waals surface area (Å²) in [6.07, 6.45) is 7.70. The van der Waals surface area contributed by atoms with Gasteiger partial charge in [-0.1, -0.05) is 9.34 Å². The molecule has 0 aromatic carbocycles. The lowest BCUT2D eigenvalue weighted by Gasteiger charge is -2.52. The molecular formula is C18H36N2PS+. The van der Waals surface area contributed by atoms with E-state index in [0.29, 0.717) is 0 Å². The van der Waals surface area contributed by atoms with Crippen molar-refractivity contribution in [3.63, 3.8) is 0 Å². The summed E-state index contributed by atoms with van der Waals surface area (Å²) < 4.78 is 5.42. The molecule has 0 saturated carbocycles. The summed E-state index contributed by atoms with van der Waals surface area (Å²) >= 11 is 6.29. The molecule has 0 atom stereocenters. The Morgan fingerprint density at radius 3 is 1.05 bits per heavy atom. The van der Waals surface area contributed by atoms with Crippen molar-refractivity contribution in [1.82, 2.24) is 9.34 Å². The molecule has 4 heteroatoms. The number of hydrogen-bond acceptors (Lipinski definition) is 1. The molecule has 0 N–H and O–H groups in total. The minimum atomic E-state index is -0.719. The Bertz CT molecular complexity index is 382. The van der Waals surface area contributed by atoms with Crippen LogP contribution in [0.3, 0.4) is 0 Å². The first kappa shape index (κ1) is 18.8. The number of piperidine rings is 2. The summed E-state index contributed by atoms with van der Waals surface area (Å²) in [6, 6.07) is 0. The lowest BCUT2D eigenvalue weighted by molar-refractivity contribution is 0.0218. The van der Waals surface area contributed by atoms with E-state index in [-0.39, 0.29) is 22.2 Å². The highest BCUT2D eigenvalue weighted by Gasteiger charge is 2.59. The zero-order valence-electron chi connectivity index (χ0n) is 16.0. The lowest BCUT2D eigenvalue weighted by atomic mass is 9.82. The predicted octanol–water partition coefficient (Wildman–Crippen LogP) is 5.85. The van der Waals surface area contributed by atoms with Crippen molar-refractivity contribution in [3.8, 4) is 0 Å². The summed E-state index contributed by atoms with van der Waals surface area (Å²) in [5.41, 5.74) is 0.829. The van der Waals surface area contributed by atoms with Crippen LogP contribution in [-0.4, -0.2) is 31.5 Å². The standard InChI is InChI=1S/C18H36N2PS/c1-15(2)11-9-12-16(3,4)19(15)21(22)20-17(5,6)13-10-14-18(20,7)8/h9-14H2,1-8H3/q+1. The molecule has 2 fully saturated rings. The second-order valence-corrected chi connectivity index (χ2v) is 12.1. The Balaban J connectivity index is 2.43. The van der Waals surface area contributed by atoms with Gasteiger partial charge in [0, 0.05) is 0 Å². The SMILES string of the molecule is CC1(C)CCCC(C)(C)N1[P+](=S)N1C(C)(C)CCCC1(C)C. The van der Waals surface area contributed by atoms with Crippen LogP contribution < -0.4 is 0 Å². The summed E-state index contributed by atoms with van der Waals surface area (Å²) in [7, 11) is 0. The molecule has 0 unspecified atom stereocenters. The highest BCUT2D eigenvalue weighted by atomic mass is 32.4. The number of rotatable bonds is 2. The average molecular weight is 344 g/mol. The molecule has 0 amide bonds. The van der Waals surface area contributed by atoms with Crippen molar-refractivity contribution in [2.45, 2.75) is 116 Å². The van der Waals surface area contributed by atoms with Crippen LogP contribution >= 0.6 is 7.00 Å². The molecule has 0 spiro atoms. The molecule has 2 aliphatic rings. The van der Waals surface area contributed by atoms with Crippen LogP contribution in [0.25, 0.3) is 0 Å². The maximum atomic E-state index is 6.29. The van der Waals surface area contributed by atoms with Crippen LogP contribution in [0, 0.1) is 0 Å². The normalized spacial score (nSPS) is 30.9. The molecular weight excluding hydrogens is 307 g/mol. The monoisotopic (exact) mass is 343 g/mol. The first-order valence-corrected chi connectivity index (χ1v) is 11.2. The Labute approximate surface area is 144 Å². The van der Waals surface area contributed by atoms with Gasteiger partial charge in [-0.05, 0) is 93.9 Å². The highest BCUT2D eigenvalue weighted by Crippen LogP contribution is 2.57. The van der Waals surface area contributed by atoms with E-state index in [1.165, 1.54) is 38.5 Å². The zero-order chi connectivity index (χ0) is 17.0. The van der Waals surface area contributed by atoms with Crippen molar-refractivity contribution in [2.24, 2.45) is 0 Å². The smallest absolute Gasteiger partial charge is 0.0926 e. The molecule has 0 aliphatic carbocycles. The largest absolute Gasteiger partial charge is 0.368 e. The molecule has 0 bridgehead atoms. The highest BCUT2D eigenvalue weighted by molar-refractivity contribution is 8.03. The van der Waals surface area contributed by atoms with Gasteiger partial charge in [-0.3, -0.25) is 0 Å². The van der Waals surface area contributed by atoms with Crippen molar-refractivity contribution >= 4 is 18.8 Å². The van der Waals surface area contributed by atoms with Gasteiger partial charge in [0.2, 0.25) is 11.8 Å². The van der Waals surface area contributed by atoms with E-state index >= 15 is 0 Å². The second-order valence-electron chi connectivity index (χ2n) is 9.83.